The molecule has 4 atom stereocenters. The fourth-order valence-corrected chi connectivity index (χ4v) is 13.2. The van der Waals surface area contributed by atoms with E-state index in [1.54, 1.807) is 0 Å². The summed E-state index contributed by atoms with van der Waals surface area (Å²) in [4.78, 5) is 65.8. The van der Waals surface area contributed by atoms with Crippen LogP contribution in [0.1, 0.15) is 99.8 Å². The largest absolute Gasteiger partial charge is 0.477 e. The summed E-state index contributed by atoms with van der Waals surface area (Å²) in [6.07, 6.45) is 3.08. The molecule has 0 bridgehead atoms. The maximum atomic E-state index is 13.8. The summed E-state index contributed by atoms with van der Waals surface area (Å²) in [6, 6.07) is 30.4. The van der Waals surface area contributed by atoms with Crippen molar-refractivity contribution in [3.05, 3.63) is 161 Å². The smallest absolute Gasteiger partial charge is 0.344 e. The van der Waals surface area contributed by atoms with Crippen LogP contribution in [0.5, 0.6) is 0 Å². The number of halogens is 4. The zero-order valence-corrected chi connectivity index (χ0v) is 47.1. The standard InChI is InChI=1S/C28H29Cl2N3O3S.C21H18Cl2N2O2S.C7H13NO2/c1-16(2)23-25(26(34)32-14-12-19(13-15-32)27(35)36-3)37-28-31-22(17-4-8-20(29)9-5-17)24(33(23)28)18-6-10-21(30)11-7-18;1-11(2)17-19(20(26)27)28-21-24-16(12-3-7-14(22)8-4-12)18(25(17)21)13-5-9-15(23)10-6-13;1-10-7(9)6-2-4-8-5-3-6/h4-11,16,19,22,24H,12-15H2,1-3H3;3-11,16,18H,1-2H3,(H,26,27);6,8H,2-5H2,1H3. The highest BCUT2D eigenvalue weighted by Crippen LogP contribution is 2.55. The summed E-state index contributed by atoms with van der Waals surface area (Å²) < 4.78 is 9.53. The van der Waals surface area contributed by atoms with Crippen molar-refractivity contribution in [3.8, 4) is 0 Å². The predicted octanol–water partition coefficient (Wildman–Crippen LogP) is 12.8. The molecule has 2 fully saturated rings. The number of esters is 2. The molecular weight excluding hydrogens is 1070 g/mol. The van der Waals surface area contributed by atoms with Crippen LogP contribution in [0.4, 0.5) is 0 Å². The van der Waals surface area contributed by atoms with Crippen LogP contribution in [0, 0.1) is 23.7 Å². The Balaban J connectivity index is 0.000000172. The highest BCUT2D eigenvalue weighted by molar-refractivity contribution is 8.18. The number of allylic oxidation sites excluding steroid dienone is 2. The summed E-state index contributed by atoms with van der Waals surface area (Å²) in [5.74, 6) is -1.01. The fraction of sp³-hybridized carbons (Fsp3) is 0.393. The number of carboxylic acid groups (broad SMARTS) is 1. The van der Waals surface area contributed by atoms with Crippen molar-refractivity contribution in [2.45, 2.75) is 77.5 Å². The van der Waals surface area contributed by atoms with E-state index >= 15 is 0 Å². The number of aliphatic imine (C=N–C) groups is 2. The SMILES string of the molecule is CC(C)C1=C(C(=O)O)SC2=NC(c3ccc(Cl)cc3)C(c3ccc(Cl)cc3)N21.COC(=O)C1CCN(C(=O)C2=C(C(C)C)N3C(=NC(c4ccc(Cl)cc4)C3c3ccc(Cl)cc3)S2)CC1.COC(=O)C1CCNCC1. The number of ether oxygens (including phenoxy) is 2. The Morgan fingerprint density at radius 3 is 1.27 bits per heavy atom. The van der Waals surface area contributed by atoms with E-state index in [0.717, 1.165) is 74.8 Å². The Hall–Kier alpha value is -5.00. The number of fused-ring (bicyclic) bond motifs is 2. The van der Waals surface area contributed by atoms with Gasteiger partial charge in [0.15, 0.2) is 10.3 Å². The minimum Gasteiger partial charge on any atom is -0.477 e. The highest BCUT2D eigenvalue weighted by atomic mass is 35.5. The molecule has 13 nitrogen and oxygen atoms in total. The second-order valence-corrected chi connectivity index (χ2v) is 23.1. The molecule has 10 rings (SSSR count). The molecular formula is C56H60Cl4N6O7S2. The summed E-state index contributed by atoms with van der Waals surface area (Å²) in [7, 11) is 2.86. The predicted molar refractivity (Wildman–Crippen MR) is 301 cm³/mol. The molecule has 0 spiro atoms. The Bertz CT molecular complexity index is 2870. The fourth-order valence-electron chi connectivity index (χ4n) is 10.2. The number of piperidine rings is 2. The Morgan fingerprint density at radius 1 is 0.560 bits per heavy atom. The first-order valence-electron chi connectivity index (χ1n) is 25.0. The van der Waals surface area contributed by atoms with Gasteiger partial charge in [-0.1, -0.05) is 123 Å². The molecule has 6 heterocycles. The first-order valence-corrected chi connectivity index (χ1v) is 28.1. The van der Waals surface area contributed by atoms with Gasteiger partial charge in [-0.15, -0.1) is 0 Å². The number of hydrogen-bond donors (Lipinski definition) is 2. The van der Waals surface area contributed by atoms with Crippen LogP contribution >= 0.6 is 69.9 Å². The van der Waals surface area contributed by atoms with E-state index in [0.29, 0.717) is 50.9 Å². The molecule has 6 aliphatic rings. The summed E-state index contributed by atoms with van der Waals surface area (Å²) in [5.41, 5.74) is 6.00. The van der Waals surface area contributed by atoms with Crippen LogP contribution in [0.15, 0.2) is 128 Å². The number of aliphatic carboxylic acids is 1. The van der Waals surface area contributed by atoms with Gasteiger partial charge in [0.05, 0.1) is 38.1 Å². The number of carboxylic acids is 1. The number of amidine groups is 2. The van der Waals surface area contributed by atoms with Crippen LogP contribution in [0.3, 0.4) is 0 Å². The van der Waals surface area contributed by atoms with Gasteiger partial charge in [-0.3, -0.25) is 24.4 Å². The zero-order valence-electron chi connectivity index (χ0n) is 42.5. The van der Waals surface area contributed by atoms with Gasteiger partial charge >= 0.3 is 17.9 Å². The number of thioether (sulfide) groups is 2. The van der Waals surface area contributed by atoms with E-state index in [9.17, 15) is 24.3 Å². The van der Waals surface area contributed by atoms with Crippen molar-refractivity contribution in [2.24, 2.45) is 33.7 Å². The molecule has 396 valence electrons. The summed E-state index contributed by atoms with van der Waals surface area (Å²) >= 11 is 27.2. The molecule has 0 aromatic heterocycles. The molecule has 0 saturated carbocycles. The third-order valence-corrected chi connectivity index (χ3v) is 17.1. The van der Waals surface area contributed by atoms with Crippen LogP contribution in [0.2, 0.25) is 20.1 Å². The lowest BCUT2D eigenvalue weighted by Gasteiger charge is -2.33. The summed E-state index contributed by atoms with van der Waals surface area (Å²) in [6.45, 7) is 11.2. The molecule has 0 aliphatic carbocycles. The molecule has 4 aromatic rings. The lowest BCUT2D eigenvalue weighted by Crippen LogP contribution is -2.41. The molecule has 19 heteroatoms. The number of hydrogen-bond acceptors (Lipinski definition) is 13. The van der Waals surface area contributed by atoms with Gasteiger partial charge in [-0.05, 0) is 145 Å². The number of likely N-dealkylation sites (tertiary alicyclic amines) is 1. The van der Waals surface area contributed by atoms with Gasteiger partial charge in [0.2, 0.25) is 0 Å². The van der Waals surface area contributed by atoms with Crippen LogP contribution in [0.25, 0.3) is 0 Å². The number of nitrogens with zero attached hydrogens (tertiary/aromatic N) is 5. The highest BCUT2D eigenvalue weighted by Gasteiger charge is 2.49. The van der Waals surface area contributed by atoms with Crippen molar-refractivity contribution in [2.75, 3.05) is 40.4 Å². The monoisotopic (exact) mass is 1130 g/mol. The second kappa shape index (κ2) is 25.0. The average molecular weight is 1140 g/mol. The van der Waals surface area contributed by atoms with E-state index in [2.05, 4.69) is 33.7 Å². The number of benzene rings is 4. The van der Waals surface area contributed by atoms with Gasteiger partial charge < -0.3 is 34.6 Å². The minimum atomic E-state index is -0.913. The number of carbonyl (C=O) groups excluding carboxylic acids is 3. The van der Waals surface area contributed by atoms with E-state index < -0.39 is 5.97 Å². The molecule has 4 aromatic carbocycles. The number of nitrogens with one attached hydrogen (secondary N) is 1. The van der Waals surface area contributed by atoms with E-state index in [1.165, 1.54) is 37.7 Å². The van der Waals surface area contributed by atoms with E-state index in [1.807, 2.05) is 116 Å². The number of rotatable bonds is 10. The Kier molecular flexibility index (Phi) is 18.7. The van der Waals surface area contributed by atoms with E-state index in [-0.39, 0.29) is 65.7 Å². The van der Waals surface area contributed by atoms with Crippen molar-refractivity contribution in [1.29, 1.82) is 0 Å². The topological polar surface area (TPSA) is 153 Å². The number of carbonyl (C=O) groups is 4. The third kappa shape index (κ3) is 12.6. The van der Waals surface area contributed by atoms with E-state index in [4.69, 9.17) is 61.1 Å². The van der Waals surface area contributed by atoms with Crippen LogP contribution < -0.4 is 5.32 Å². The summed E-state index contributed by atoms with van der Waals surface area (Å²) in [5, 5.41) is 17.1. The normalized spacial score (nSPS) is 21.5. The molecule has 1 amide bonds. The minimum absolute atomic E-state index is 0.00650. The molecule has 2 N–H and O–H groups in total. The number of methoxy groups -OCH3 is 2. The van der Waals surface area contributed by atoms with Gasteiger partial charge in [0, 0.05) is 44.6 Å². The zero-order chi connectivity index (χ0) is 53.7. The van der Waals surface area contributed by atoms with Crippen molar-refractivity contribution >= 4 is 104 Å². The second-order valence-electron chi connectivity index (χ2n) is 19.4. The molecule has 2 saturated heterocycles. The van der Waals surface area contributed by atoms with Crippen molar-refractivity contribution in [1.82, 2.24) is 20.0 Å². The Labute approximate surface area is 467 Å². The van der Waals surface area contributed by atoms with Crippen molar-refractivity contribution < 1.29 is 33.8 Å². The molecule has 4 unspecified atom stereocenters. The van der Waals surface area contributed by atoms with Crippen LogP contribution in [-0.4, -0.2) is 94.4 Å². The lowest BCUT2D eigenvalue weighted by molar-refractivity contribution is -0.148. The average Bonchev–Trinajstić information content (AvgIpc) is 4.18. The maximum absolute atomic E-state index is 13.8. The van der Waals surface area contributed by atoms with Gasteiger partial charge in [0.25, 0.3) is 5.91 Å². The van der Waals surface area contributed by atoms with Gasteiger partial charge in [-0.2, -0.15) is 0 Å². The lowest BCUT2D eigenvalue weighted by atomic mass is 9.92. The van der Waals surface area contributed by atoms with Gasteiger partial charge in [-0.25, -0.2) is 4.79 Å². The maximum Gasteiger partial charge on any atom is 0.344 e. The number of amides is 1. The van der Waals surface area contributed by atoms with Gasteiger partial charge in [0.1, 0.15) is 21.9 Å². The Morgan fingerprint density at radius 2 is 0.907 bits per heavy atom. The molecule has 6 aliphatic heterocycles. The third-order valence-electron chi connectivity index (χ3n) is 14.0. The molecule has 0 radical (unpaired) electrons. The van der Waals surface area contributed by atoms with Crippen LogP contribution in [-0.2, 0) is 28.7 Å². The quantitative estimate of drug-likeness (QED) is 0.145. The first kappa shape index (κ1) is 56.2. The molecule has 75 heavy (non-hydrogen) atoms. The first-order chi connectivity index (χ1) is 36.0. The van der Waals surface area contributed by atoms with Crippen molar-refractivity contribution in [3.63, 3.8) is 0 Å².